The maximum Gasteiger partial charge on any atom is 0.272 e. The second kappa shape index (κ2) is 8.06. The summed E-state index contributed by atoms with van der Waals surface area (Å²) in [6.45, 7) is 4.39. The van der Waals surface area contributed by atoms with Crippen molar-refractivity contribution in [1.29, 1.82) is 0 Å². The lowest BCUT2D eigenvalue weighted by Crippen LogP contribution is -2.48. The lowest BCUT2D eigenvalue weighted by atomic mass is 10.1. The number of piperidine rings is 1. The Bertz CT molecular complexity index is 948. The average Bonchev–Trinajstić information content (AvgIpc) is 3.39. The third kappa shape index (κ3) is 4.04. The van der Waals surface area contributed by atoms with E-state index in [9.17, 15) is 4.79 Å². The van der Waals surface area contributed by atoms with E-state index in [1.807, 2.05) is 43.5 Å². The summed E-state index contributed by atoms with van der Waals surface area (Å²) in [4.78, 5) is 14.7. The van der Waals surface area contributed by atoms with E-state index in [4.69, 9.17) is 11.6 Å². The quantitative estimate of drug-likeness (QED) is 0.690. The number of nitrogens with zero attached hydrogens (tertiary/aromatic N) is 4. The zero-order chi connectivity index (χ0) is 19.5. The van der Waals surface area contributed by atoms with E-state index in [2.05, 4.69) is 25.5 Å². The van der Waals surface area contributed by atoms with Gasteiger partial charge in [0.1, 0.15) is 5.69 Å². The summed E-state index contributed by atoms with van der Waals surface area (Å²) in [6.07, 6.45) is 3.77. The number of aromatic amines is 1. The number of aromatic nitrogens is 4. The molecular weight excluding hydrogens is 376 g/mol. The highest BCUT2D eigenvalue weighted by atomic mass is 35.5. The summed E-state index contributed by atoms with van der Waals surface area (Å²) in [5.74, 6) is 0.766. The van der Waals surface area contributed by atoms with Crippen LogP contribution in [0, 0.1) is 0 Å². The van der Waals surface area contributed by atoms with Gasteiger partial charge >= 0.3 is 0 Å². The topological polar surface area (TPSA) is 78.8 Å². The first-order valence-corrected chi connectivity index (χ1v) is 9.91. The highest BCUT2D eigenvalue weighted by Gasteiger charge is 2.24. The molecule has 0 unspecified atom stereocenters. The number of aryl methyl sites for hydroxylation is 1. The van der Waals surface area contributed by atoms with Crippen molar-refractivity contribution in [2.45, 2.75) is 32.4 Å². The maximum absolute atomic E-state index is 12.5. The molecule has 1 aliphatic heterocycles. The van der Waals surface area contributed by atoms with Gasteiger partial charge in [-0.2, -0.15) is 10.2 Å². The van der Waals surface area contributed by atoms with Crippen molar-refractivity contribution in [2.24, 2.45) is 0 Å². The summed E-state index contributed by atoms with van der Waals surface area (Å²) >= 11 is 5.96. The number of amides is 1. The maximum atomic E-state index is 12.5. The van der Waals surface area contributed by atoms with E-state index in [0.717, 1.165) is 49.6 Å². The number of hydrogen-bond donors (Lipinski definition) is 2. The molecule has 4 rings (SSSR count). The molecule has 3 heterocycles. The first-order valence-electron chi connectivity index (χ1n) is 9.53. The van der Waals surface area contributed by atoms with Gasteiger partial charge < -0.3 is 10.2 Å². The van der Waals surface area contributed by atoms with E-state index >= 15 is 0 Å². The van der Waals surface area contributed by atoms with Gasteiger partial charge in [-0.1, -0.05) is 23.7 Å². The zero-order valence-electron chi connectivity index (χ0n) is 15.7. The molecule has 0 saturated carbocycles. The molecule has 0 bridgehead atoms. The van der Waals surface area contributed by atoms with Crippen molar-refractivity contribution in [2.75, 3.05) is 18.0 Å². The molecule has 1 fully saturated rings. The molecular formula is C20H23ClN6O. The largest absolute Gasteiger partial charge is 0.353 e. The summed E-state index contributed by atoms with van der Waals surface area (Å²) in [6, 6.07) is 11.5. The Kier molecular flexibility index (Phi) is 5.34. The molecule has 1 saturated heterocycles. The van der Waals surface area contributed by atoms with Crippen LogP contribution in [0.5, 0.6) is 0 Å². The van der Waals surface area contributed by atoms with Crippen LogP contribution in [0.1, 0.15) is 30.3 Å². The third-order valence-corrected chi connectivity index (χ3v) is 5.25. The van der Waals surface area contributed by atoms with Gasteiger partial charge in [-0.05, 0) is 43.5 Å². The molecule has 1 aliphatic rings. The van der Waals surface area contributed by atoms with Crippen LogP contribution in [0.15, 0.2) is 42.6 Å². The number of H-pyrrole nitrogens is 1. The van der Waals surface area contributed by atoms with Crippen molar-refractivity contribution >= 4 is 23.3 Å². The van der Waals surface area contributed by atoms with Crippen LogP contribution < -0.4 is 10.2 Å². The number of carbonyl (C=O) groups excluding carboxylic acids is 1. The molecule has 1 atom stereocenters. The van der Waals surface area contributed by atoms with Gasteiger partial charge in [0, 0.05) is 43.0 Å². The minimum absolute atomic E-state index is 0.0729. The molecule has 28 heavy (non-hydrogen) atoms. The average molecular weight is 399 g/mol. The summed E-state index contributed by atoms with van der Waals surface area (Å²) in [5.41, 5.74) is 2.45. The molecule has 0 aliphatic carbocycles. The Morgan fingerprint density at radius 1 is 1.32 bits per heavy atom. The van der Waals surface area contributed by atoms with Crippen LogP contribution in [-0.2, 0) is 6.54 Å². The van der Waals surface area contributed by atoms with Gasteiger partial charge in [0.25, 0.3) is 5.91 Å². The zero-order valence-corrected chi connectivity index (χ0v) is 16.5. The fraction of sp³-hybridized carbons (Fsp3) is 0.350. The van der Waals surface area contributed by atoms with Crippen LogP contribution >= 0.6 is 11.6 Å². The molecule has 0 radical (unpaired) electrons. The SMILES string of the molecule is CCn1ccc(C(=O)N[C@H]2CCCN(c3cc(-c4ccc(Cl)cc4)[nH]n3)C2)n1. The lowest BCUT2D eigenvalue weighted by molar-refractivity contribution is 0.0927. The first-order chi connectivity index (χ1) is 13.6. The molecule has 7 nitrogen and oxygen atoms in total. The summed E-state index contributed by atoms with van der Waals surface area (Å²) in [7, 11) is 0. The Hall–Kier alpha value is -2.80. The second-order valence-electron chi connectivity index (χ2n) is 6.96. The van der Waals surface area contributed by atoms with Crippen LogP contribution in [0.2, 0.25) is 5.02 Å². The standard InChI is InChI=1S/C20H23ClN6O/c1-2-27-11-9-17(25-27)20(28)22-16-4-3-10-26(13-16)19-12-18(23-24-19)14-5-7-15(21)8-6-14/h5-9,11-12,16H,2-4,10,13H2,1H3,(H,22,28)(H,23,24)/t16-/m0/s1. The van der Waals surface area contributed by atoms with Gasteiger partial charge in [-0.3, -0.25) is 14.6 Å². The van der Waals surface area contributed by atoms with Gasteiger partial charge in [0.15, 0.2) is 5.82 Å². The number of anilines is 1. The number of nitrogens with one attached hydrogen (secondary N) is 2. The predicted octanol–water partition coefficient (Wildman–Crippen LogP) is 3.35. The fourth-order valence-corrected chi connectivity index (χ4v) is 3.60. The van der Waals surface area contributed by atoms with Crippen molar-refractivity contribution in [3.05, 3.63) is 53.3 Å². The van der Waals surface area contributed by atoms with E-state index in [0.29, 0.717) is 10.7 Å². The lowest BCUT2D eigenvalue weighted by Gasteiger charge is -2.33. The van der Waals surface area contributed by atoms with Crippen molar-refractivity contribution < 1.29 is 4.79 Å². The summed E-state index contributed by atoms with van der Waals surface area (Å²) in [5, 5.41) is 15.7. The fourth-order valence-electron chi connectivity index (χ4n) is 3.47. The van der Waals surface area contributed by atoms with Crippen molar-refractivity contribution in [3.63, 3.8) is 0 Å². The smallest absolute Gasteiger partial charge is 0.272 e. The van der Waals surface area contributed by atoms with Crippen molar-refractivity contribution in [1.82, 2.24) is 25.3 Å². The first kappa shape index (κ1) is 18.6. The molecule has 2 N–H and O–H groups in total. The number of hydrogen-bond acceptors (Lipinski definition) is 4. The molecule has 2 aromatic heterocycles. The van der Waals surface area contributed by atoms with Gasteiger partial charge in [0.2, 0.25) is 0 Å². The normalized spacial score (nSPS) is 16.9. The van der Waals surface area contributed by atoms with E-state index in [-0.39, 0.29) is 11.9 Å². The molecule has 8 heteroatoms. The highest BCUT2D eigenvalue weighted by molar-refractivity contribution is 6.30. The van der Waals surface area contributed by atoms with Gasteiger partial charge in [-0.25, -0.2) is 0 Å². The third-order valence-electron chi connectivity index (χ3n) is 5.00. The van der Waals surface area contributed by atoms with Gasteiger partial charge in [-0.15, -0.1) is 0 Å². The predicted molar refractivity (Wildman–Crippen MR) is 110 cm³/mol. The number of halogens is 1. The minimum Gasteiger partial charge on any atom is -0.353 e. The number of benzene rings is 1. The molecule has 1 amide bonds. The Labute approximate surface area is 168 Å². The number of carbonyl (C=O) groups is 1. The molecule has 146 valence electrons. The highest BCUT2D eigenvalue weighted by Crippen LogP contribution is 2.25. The molecule has 0 spiro atoms. The van der Waals surface area contributed by atoms with Crippen LogP contribution in [0.25, 0.3) is 11.3 Å². The van der Waals surface area contributed by atoms with Gasteiger partial charge in [0.05, 0.1) is 5.69 Å². The minimum atomic E-state index is -0.122. The Morgan fingerprint density at radius 2 is 2.14 bits per heavy atom. The van der Waals surface area contributed by atoms with E-state index < -0.39 is 0 Å². The monoisotopic (exact) mass is 398 g/mol. The summed E-state index contributed by atoms with van der Waals surface area (Å²) < 4.78 is 1.75. The van der Waals surface area contributed by atoms with E-state index in [1.165, 1.54) is 0 Å². The molecule has 1 aromatic carbocycles. The number of rotatable bonds is 5. The van der Waals surface area contributed by atoms with Crippen LogP contribution in [0.3, 0.4) is 0 Å². The Balaban J connectivity index is 1.41. The Morgan fingerprint density at radius 3 is 2.89 bits per heavy atom. The van der Waals surface area contributed by atoms with E-state index in [1.54, 1.807) is 10.7 Å². The van der Waals surface area contributed by atoms with Crippen molar-refractivity contribution in [3.8, 4) is 11.3 Å². The van der Waals surface area contributed by atoms with Crippen LogP contribution in [-0.4, -0.2) is 45.0 Å². The van der Waals surface area contributed by atoms with Crippen LogP contribution in [0.4, 0.5) is 5.82 Å². The molecule has 3 aromatic rings. The second-order valence-corrected chi connectivity index (χ2v) is 7.40.